The zero-order valence-corrected chi connectivity index (χ0v) is 8.00. The second-order valence-corrected chi connectivity index (χ2v) is 5.22. The molecule has 0 fully saturated rings. The van der Waals surface area contributed by atoms with Crippen molar-refractivity contribution in [3.05, 3.63) is 21.9 Å². The van der Waals surface area contributed by atoms with Gasteiger partial charge in [-0.3, -0.25) is 0 Å². The number of nitrogens with two attached hydrogens (primary N) is 1. The maximum absolute atomic E-state index is 5.62. The molecule has 0 aliphatic heterocycles. The standard InChI is InChI=1S/C7H10IN2/c1-2-8-6-4-3-5-10-7(6)9/h3-5H,2H2,1H3,(H2,9,10)/q-1. The van der Waals surface area contributed by atoms with Crippen molar-refractivity contribution in [2.45, 2.75) is 6.92 Å². The summed E-state index contributed by atoms with van der Waals surface area (Å²) < 4.78 is 2.50. The van der Waals surface area contributed by atoms with E-state index in [1.54, 1.807) is 6.20 Å². The molecule has 56 valence electrons. The summed E-state index contributed by atoms with van der Waals surface area (Å²) in [6, 6.07) is 4.01. The molecular weight excluding hydrogens is 239 g/mol. The molecule has 0 bridgehead atoms. The number of rotatable bonds is 2. The fraction of sp³-hybridized carbons (Fsp3) is 0.286. The number of halogens is 1. The molecule has 1 heterocycles. The molecule has 2 nitrogen and oxygen atoms in total. The fourth-order valence-electron chi connectivity index (χ4n) is 0.655. The van der Waals surface area contributed by atoms with E-state index in [2.05, 4.69) is 18.0 Å². The van der Waals surface area contributed by atoms with Gasteiger partial charge in [-0.2, -0.15) is 0 Å². The number of alkyl halides is 1. The molecule has 0 aromatic carbocycles. The molecule has 1 aromatic rings. The van der Waals surface area contributed by atoms with Crippen LogP contribution in [0.5, 0.6) is 0 Å². The van der Waals surface area contributed by atoms with Crippen LogP contribution in [0, 0.1) is 3.57 Å². The van der Waals surface area contributed by atoms with Gasteiger partial charge in [0.1, 0.15) is 0 Å². The van der Waals surface area contributed by atoms with E-state index in [0.717, 1.165) is 5.82 Å². The summed E-state index contributed by atoms with van der Waals surface area (Å²) in [7, 11) is 0. The maximum atomic E-state index is 5.62. The predicted molar refractivity (Wildman–Crippen MR) is 37.9 cm³/mol. The van der Waals surface area contributed by atoms with Crippen LogP contribution in [0.25, 0.3) is 0 Å². The van der Waals surface area contributed by atoms with Crippen LogP contribution in [0.15, 0.2) is 18.3 Å². The van der Waals surface area contributed by atoms with Crippen molar-refractivity contribution in [2.75, 3.05) is 10.2 Å². The third-order valence-electron chi connectivity index (χ3n) is 1.06. The van der Waals surface area contributed by atoms with Crippen molar-refractivity contribution in [1.82, 2.24) is 4.98 Å². The summed E-state index contributed by atoms with van der Waals surface area (Å²) in [5, 5.41) is 0. The number of hydrogen-bond acceptors (Lipinski definition) is 2. The Kier molecular flexibility index (Phi) is 2.92. The Morgan fingerprint density at radius 2 is 2.50 bits per heavy atom. The Bertz CT molecular complexity index is 213. The van der Waals surface area contributed by atoms with Gasteiger partial charge in [-0.25, -0.2) is 0 Å². The normalized spacial score (nSPS) is 10.1. The average molecular weight is 249 g/mol. The van der Waals surface area contributed by atoms with E-state index in [4.69, 9.17) is 5.73 Å². The second-order valence-electron chi connectivity index (χ2n) is 1.77. The van der Waals surface area contributed by atoms with Crippen molar-refractivity contribution < 1.29 is 21.2 Å². The van der Waals surface area contributed by atoms with Crippen molar-refractivity contribution >= 4 is 5.82 Å². The van der Waals surface area contributed by atoms with Gasteiger partial charge in [0.2, 0.25) is 0 Å². The number of aromatic nitrogens is 1. The van der Waals surface area contributed by atoms with Gasteiger partial charge >= 0.3 is 71.0 Å². The van der Waals surface area contributed by atoms with Gasteiger partial charge in [0.25, 0.3) is 0 Å². The summed E-state index contributed by atoms with van der Waals surface area (Å²) in [6.45, 7) is 2.18. The zero-order valence-electron chi connectivity index (χ0n) is 5.84. The average Bonchev–Trinajstić information content (AvgIpc) is 1.94. The molecule has 0 atom stereocenters. The van der Waals surface area contributed by atoms with Crippen molar-refractivity contribution in [3.8, 4) is 0 Å². The van der Waals surface area contributed by atoms with Crippen LogP contribution < -0.4 is 26.9 Å². The first-order valence-corrected chi connectivity index (χ1v) is 5.74. The number of hydrogen-bond donors (Lipinski definition) is 1. The fourth-order valence-corrected chi connectivity index (χ4v) is 2.47. The van der Waals surface area contributed by atoms with E-state index in [1.165, 1.54) is 8.00 Å². The molecule has 1 rings (SSSR count). The van der Waals surface area contributed by atoms with Crippen LogP contribution >= 0.6 is 0 Å². The van der Waals surface area contributed by atoms with E-state index >= 15 is 0 Å². The molecule has 1 aromatic heterocycles. The van der Waals surface area contributed by atoms with Crippen LogP contribution in [0.3, 0.4) is 0 Å². The molecule has 0 saturated heterocycles. The molecule has 2 N–H and O–H groups in total. The Morgan fingerprint density at radius 1 is 1.70 bits per heavy atom. The van der Waals surface area contributed by atoms with Gasteiger partial charge in [-0.05, 0) is 0 Å². The van der Waals surface area contributed by atoms with E-state index in [9.17, 15) is 0 Å². The van der Waals surface area contributed by atoms with Crippen LogP contribution in [0.1, 0.15) is 6.92 Å². The van der Waals surface area contributed by atoms with Crippen molar-refractivity contribution in [2.24, 2.45) is 0 Å². The SMILES string of the molecule is CC[I-]c1cccnc1N. The molecule has 0 aliphatic rings. The molecule has 3 heteroatoms. The first kappa shape index (κ1) is 7.78. The Morgan fingerprint density at radius 3 is 3.10 bits per heavy atom. The first-order valence-electron chi connectivity index (χ1n) is 3.14. The van der Waals surface area contributed by atoms with Gasteiger partial charge in [0.05, 0.1) is 0 Å². The number of pyridine rings is 1. The molecule has 0 unspecified atom stereocenters. The van der Waals surface area contributed by atoms with E-state index in [-0.39, 0.29) is 21.2 Å². The summed E-state index contributed by atoms with van der Waals surface area (Å²) in [5.41, 5.74) is 5.62. The minimum atomic E-state index is 0.121. The van der Waals surface area contributed by atoms with Crippen molar-refractivity contribution in [1.29, 1.82) is 0 Å². The van der Waals surface area contributed by atoms with E-state index < -0.39 is 0 Å². The van der Waals surface area contributed by atoms with Crippen LogP contribution in [-0.2, 0) is 0 Å². The monoisotopic (exact) mass is 249 g/mol. The molecule has 0 aliphatic carbocycles. The Balaban J connectivity index is 2.81. The topological polar surface area (TPSA) is 38.9 Å². The van der Waals surface area contributed by atoms with Crippen LogP contribution in [0.4, 0.5) is 5.82 Å². The van der Waals surface area contributed by atoms with Gasteiger partial charge < -0.3 is 0 Å². The van der Waals surface area contributed by atoms with Gasteiger partial charge in [0.15, 0.2) is 0 Å². The van der Waals surface area contributed by atoms with Gasteiger partial charge in [-0.15, -0.1) is 0 Å². The summed E-state index contributed by atoms with van der Waals surface area (Å²) in [4.78, 5) is 4.00. The summed E-state index contributed by atoms with van der Waals surface area (Å²) in [5.74, 6) is 0.720. The van der Waals surface area contributed by atoms with Gasteiger partial charge in [-0.1, -0.05) is 0 Å². The Labute approximate surface area is 71.1 Å². The third kappa shape index (κ3) is 1.83. The number of nitrogen functional groups attached to an aromatic ring is 1. The van der Waals surface area contributed by atoms with Gasteiger partial charge in [0, 0.05) is 0 Å². The molecule has 0 spiro atoms. The van der Waals surface area contributed by atoms with Crippen molar-refractivity contribution in [3.63, 3.8) is 0 Å². The summed E-state index contributed by atoms with van der Waals surface area (Å²) >= 11 is 0.121. The molecule has 0 amide bonds. The number of anilines is 1. The first-order chi connectivity index (χ1) is 4.84. The van der Waals surface area contributed by atoms with Crippen LogP contribution in [0.2, 0.25) is 0 Å². The van der Waals surface area contributed by atoms with E-state index in [0.29, 0.717) is 0 Å². The quantitative estimate of drug-likeness (QED) is 0.483. The predicted octanol–water partition coefficient (Wildman–Crippen LogP) is -2.06. The van der Waals surface area contributed by atoms with Crippen LogP contribution in [-0.4, -0.2) is 9.41 Å². The van der Waals surface area contributed by atoms with E-state index in [1.807, 2.05) is 6.07 Å². The second kappa shape index (κ2) is 3.75. The molecular formula is C7H10IN2-. The molecule has 0 saturated carbocycles. The number of nitrogens with zero attached hydrogens (tertiary/aromatic N) is 1. The Hall–Kier alpha value is -0.320. The minimum absolute atomic E-state index is 0.121. The molecule has 0 radical (unpaired) electrons. The zero-order chi connectivity index (χ0) is 7.40. The summed E-state index contributed by atoms with van der Waals surface area (Å²) in [6.07, 6.45) is 1.73. The molecule has 10 heavy (non-hydrogen) atoms. The third-order valence-corrected chi connectivity index (χ3v) is 3.56.